The first kappa shape index (κ1) is 16.0. The van der Waals surface area contributed by atoms with Gasteiger partial charge in [0.05, 0.1) is 0 Å². The van der Waals surface area contributed by atoms with Gasteiger partial charge in [0.2, 0.25) is 0 Å². The summed E-state index contributed by atoms with van der Waals surface area (Å²) >= 11 is 3.57. The number of aromatic nitrogens is 1. The van der Waals surface area contributed by atoms with Gasteiger partial charge in [-0.1, -0.05) is 31.2 Å². The van der Waals surface area contributed by atoms with Crippen molar-refractivity contribution in [1.29, 1.82) is 0 Å². The van der Waals surface area contributed by atoms with Crippen LogP contribution in [-0.2, 0) is 0 Å². The van der Waals surface area contributed by atoms with Crippen LogP contribution in [0.25, 0.3) is 5.57 Å². The SMILES string of the molecule is CC(C=C(c1cccs1)c1cccs1)c1ccccn1.Cl. The van der Waals surface area contributed by atoms with E-state index in [-0.39, 0.29) is 12.4 Å². The number of pyridine rings is 1. The van der Waals surface area contributed by atoms with Crippen LogP contribution in [0.2, 0.25) is 0 Å². The fraction of sp³-hybridized carbons (Fsp3) is 0.118. The molecule has 0 aromatic carbocycles. The highest BCUT2D eigenvalue weighted by Gasteiger charge is 2.11. The molecule has 0 fully saturated rings. The number of hydrogen-bond donors (Lipinski definition) is 0. The molecule has 0 bridgehead atoms. The van der Waals surface area contributed by atoms with Crippen LogP contribution >= 0.6 is 35.1 Å². The maximum absolute atomic E-state index is 4.46. The largest absolute Gasteiger partial charge is 0.261 e. The van der Waals surface area contributed by atoms with Gasteiger partial charge in [-0.2, -0.15) is 0 Å². The lowest BCUT2D eigenvalue weighted by molar-refractivity contribution is 0.909. The zero-order valence-electron chi connectivity index (χ0n) is 11.6. The van der Waals surface area contributed by atoms with Crippen LogP contribution in [-0.4, -0.2) is 4.98 Å². The predicted octanol–water partition coefficient (Wildman–Crippen LogP) is 5.86. The topological polar surface area (TPSA) is 12.9 Å². The maximum Gasteiger partial charge on any atom is 0.0469 e. The van der Waals surface area contributed by atoms with E-state index in [1.165, 1.54) is 15.3 Å². The summed E-state index contributed by atoms with van der Waals surface area (Å²) in [4.78, 5) is 7.09. The summed E-state index contributed by atoms with van der Waals surface area (Å²) in [5.74, 6) is 0.301. The van der Waals surface area contributed by atoms with Crippen molar-refractivity contribution in [3.8, 4) is 0 Å². The minimum Gasteiger partial charge on any atom is -0.261 e. The molecule has 108 valence electrons. The van der Waals surface area contributed by atoms with Crippen molar-refractivity contribution >= 4 is 40.7 Å². The van der Waals surface area contributed by atoms with Crippen molar-refractivity contribution in [2.45, 2.75) is 12.8 Å². The Bertz CT molecular complexity index is 637. The number of nitrogens with zero attached hydrogens (tertiary/aromatic N) is 1. The van der Waals surface area contributed by atoms with E-state index >= 15 is 0 Å². The van der Waals surface area contributed by atoms with Gasteiger partial charge >= 0.3 is 0 Å². The molecule has 1 nitrogen and oxygen atoms in total. The van der Waals surface area contributed by atoms with Gasteiger partial charge in [0.15, 0.2) is 0 Å². The van der Waals surface area contributed by atoms with E-state index < -0.39 is 0 Å². The monoisotopic (exact) mass is 333 g/mol. The summed E-state index contributed by atoms with van der Waals surface area (Å²) < 4.78 is 0. The third-order valence-corrected chi connectivity index (χ3v) is 4.95. The van der Waals surface area contributed by atoms with Crippen LogP contribution in [0.4, 0.5) is 0 Å². The number of halogens is 1. The van der Waals surface area contributed by atoms with E-state index in [2.05, 4.69) is 59.1 Å². The zero-order valence-corrected chi connectivity index (χ0v) is 14.0. The molecule has 3 rings (SSSR count). The molecule has 0 N–H and O–H groups in total. The van der Waals surface area contributed by atoms with Gasteiger partial charge in [0, 0.05) is 33.1 Å². The van der Waals surface area contributed by atoms with Crippen molar-refractivity contribution in [3.63, 3.8) is 0 Å². The molecule has 3 heterocycles. The average molecular weight is 334 g/mol. The Morgan fingerprint density at radius 2 is 1.67 bits per heavy atom. The van der Waals surface area contributed by atoms with E-state index in [0.717, 1.165) is 5.69 Å². The van der Waals surface area contributed by atoms with Gasteiger partial charge < -0.3 is 0 Å². The quantitative estimate of drug-likeness (QED) is 0.582. The number of thiophene rings is 2. The fourth-order valence-corrected chi connectivity index (χ4v) is 3.73. The number of rotatable bonds is 4. The van der Waals surface area contributed by atoms with Crippen molar-refractivity contribution < 1.29 is 0 Å². The van der Waals surface area contributed by atoms with E-state index in [1.807, 2.05) is 18.3 Å². The van der Waals surface area contributed by atoms with Gasteiger partial charge in [0.25, 0.3) is 0 Å². The van der Waals surface area contributed by atoms with E-state index in [1.54, 1.807) is 22.7 Å². The van der Waals surface area contributed by atoms with Gasteiger partial charge in [-0.05, 0) is 35.0 Å². The molecule has 0 aliphatic heterocycles. The molecule has 0 aliphatic rings. The van der Waals surface area contributed by atoms with Crippen molar-refractivity contribution in [1.82, 2.24) is 4.98 Å². The van der Waals surface area contributed by atoms with Gasteiger partial charge in [-0.25, -0.2) is 0 Å². The lowest BCUT2D eigenvalue weighted by atomic mass is 10.0. The Morgan fingerprint density at radius 1 is 1.00 bits per heavy atom. The lowest BCUT2D eigenvalue weighted by Crippen LogP contribution is -1.94. The minimum atomic E-state index is 0. The molecule has 4 heteroatoms. The van der Waals surface area contributed by atoms with E-state index in [9.17, 15) is 0 Å². The fourth-order valence-electron chi connectivity index (χ4n) is 2.13. The van der Waals surface area contributed by atoms with Crippen LogP contribution in [0.15, 0.2) is 65.5 Å². The minimum absolute atomic E-state index is 0. The number of hydrogen-bond acceptors (Lipinski definition) is 3. The molecule has 0 saturated carbocycles. The Labute approximate surface area is 139 Å². The molecule has 3 aromatic rings. The molecule has 0 saturated heterocycles. The highest BCUT2D eigenvalue weighted by molar-refractivity contribution is 7.13. The molecule has 0 amide bonds. The van der Waals surface area contributed by atoms with E-state index in [0.29, 0.717) is 5.92 Å². The molecule has 1 unspecified atom stereocenters. The third kappa shape index (κ3) is 3.82. The molecule has 0 spiro atoms. The molecule has 0 aliphatic carbocycles. The standard InChI is InChI=1S/C17H15NS2.ClH/c1-13(15-6-2-3-9-18-15)12-14(16-7-4-10-19-16)17-8-5-11-20-17;/h2-13H,1H3;1H. The van der Waals surface area contributed by atoms with Crippen LogP contribution in [0.1, 0.15) is 28.3 Å². The van der Waals surface area contributed by atoms with Crippen LogP contribution in [0.5, 0.6) is 0 Å². The van der Waals surface area contributed by atoms with Crippen molar-refractivity contribution in [2.24, 2.45) is 0 Å². The normalized spacial score (nSPS) is 11.5. The Morgan fingerprint density at radius 3 is 2.14 bits per heavy atom. The summed E-state index contributed by atoms with van der Waals surface area (Å²) in [5, 5.41) is 4.25. The molecule has 3 aromatic heterocycles. The second kappa shape index (κ2) is 7.55. The summed E-state index contributed by atoms with van der Waals surface area (Å²) in [5.41, 5.74) is 2.42. The molecular weight excluding hydrogens is 318 g/mol. The first-order chi connectivity index (χ1) is 9.84. The smallest absolute Gasteiger partial charge is 0.0469 e. The summed E-state index contributed by atoms with van der Waals surface area (Å²) in [6, 6.07) is 14.7. The van der Waals surface area contributed by atoms with Gasteiger partial charge in [0.1, 0.15) is 0 Å². The third-order valence-electron chi connectivity index (χ3n) is 3.14. The summed E-state index contributed by atoms with van der Waals surface area (Å²) in [6.07, 6.45) is 4.18. The molecular formula is C17H16ClNS2. The second-order valence-electron chi connectivity index (χ2n) is 4.58. The molecule has 0 radical (unpaired) electrons. The maximum atomic E-state index is 4.46. The Balaban J connectivity index is 0.00000161. The van der Waals surface area contributed by atoms with Gasteiger partial charge in [-0.15, -0.1) is 35.1 Å². The second-order valence-corrected chi connectivity index (χ2v) is 6.47. The summed E-state index contributed by atoms with van der Waals surface area (Å²) in [6.45, 7) is 2.20. The Hall–Kier alpha value is -1.42. The zero-order chi connectivity index (χ0) is 13.8. The first-order valence-electron chi connectivity index (χ1n) is 6.55. The van der Waals surface area contributed by atoms with Crippen molar-refractivity contribution in [2.75, 3.05) is 0 Å². The van der Waals surface area contributed by atoms with Crippen LogP contribution in [0, 0.1) is 0 Å². The van der Waals surface area contributed by atoms with Gasteiger partial charge in [-0.3, -0.25) is 4.98 Å². The van der Waals surface area contributed by atoms with Crippen LogP contribution in [0.3, 0.4) is 0 Å². The van der Waals surface area contributed by atoms with Crippen molar-refractivity contribution in [3.05, 3.63) is 80.9 Å². The van der Waals surface area contributed by atoms with E-state index in [4.69, 9.17) is 0 Å². The highest BCUT2D eigenvalue weighted by Crippen LogP contribution is 2.32. The predicted molar refractivity (Wildman–Crippen MR) is 95.6 cm³/mol. The lowest BCUT2D eigenvalue weighted by Gasteiger charge is -2.09. The molecule has 1 atom stereocenters. The summed E-state index contributed by atoms with van der Waals surface area (Å²) in [7, 11) is 0. The first-order valence-corrected chi connectivity index (χ1v) is 8.31. The average Bonchev–Trinajstić information content (AvgIpc) is 3.19. The number of allylic oxidation sites excluding steroid dienone is 1. The van der Waals surface area contributed by atoms with Crippen LogP contribution < -0.4 is 0 Å². The highest BCUT2D eigenvalue weighted by atomic mass is 35.5. The molecule has 21 heavy (non-hydrogen) atoms. The Kier molecular flexibility index (Phi) is 5.74.